The van der Waals surface area contributed by atoms with Gasteiger partial charge in [0.05, 0.1) is 12.0 Å². The van der Waals surface area contributed by atoms with Gasteiger partial charge in [0.15, 0.2) is 0 Å². The van der Waals surface area contributed by atoms with Crippen LogP contribution in [0.4, 0.5) is 0 Å². The molecule has 0 bridgehead atoms. The number of hydrogen-bond acceptors (Lipinski definition) is 6. The first-order chi connectivity index (χ1) is 11.1. The van der Waals surface area contributed by atoms with Gasteiger partial charge in [0, 0.05) is 25.4 Å². The molecule has 2 rings (SSSR count). The molecule has 23 heavy (non-hydrogen) atoms. The summed E-state index contributed by atoms with van der Waals surface area (Å²) in [6.07, 6.45) is 8.05. The smallest absolute Gasteiger partial charge is 0.305 e. The van der Waals surface area contributed by atoms with Crippen LogP contribution >= 0.6 is 24.0 Å². The van der Waals surface area contributed by atoms with Crippen LogP contribution in [0.5, 0.6) is 0 Å². The van der Waals surface area contributed by atoms with Crippen molar-refractivity contribution in [2.75, 3.05) is 13.7 Å². The first-order valence-electron chi connectivity index (χ1n) is 7.34. The molecule has 1 saturated heterocycles. The summed E-state index contributed by atoms with van der Waals surface area (Å²) in [6, 6.07) is 3.69. The van der Waals surface area contributed by atoms with E-state index in [0.717, 1.165) is 24.8 Å². The second-order valence-electron chi connectivity index (χ2n) is 5.00. The minimum absolute atomic E-state index is 0.0511. The van der Waals surface area contributed by atoms with Gasteiger partial charge in [-0.05, 0) is 36.6 Å². The van der Waals surface area contributed by atoms with Crippen LogP contribution in [0.2, 0.25) is 0 Å². The van der Waals surface area contributed by atoms with E-state index in [1.54, 1.807) is 17.3 Å². The molecule has 0 atom stereocenters. The molecule has 1 aromatic heterocycles. The summed E-state index contributed by atoms with van der Waals surface area (Å²) in [5.74, 6) is -0.249. The van der Waals surface area contributed by atoms with Gasteiger partial charge in [0.1, 0.15) is 4.32 Å². The van der Waals surface area contributed by atoms with E-state index in [-0.39, 0.29) is 11.9 Å². The predicted molar refractivity (Wildman–Crippen MR) is 94.6 cm³/mol. The number of thiocarbonyl (C=S) groups is 1. The van der Waals surface area contributed by atoms with Gasteiger partial charge < -0.3 is 4.74 Å². The van der Waals surface area contributed by atoms with Gasteiger partial charge in [-0.2, -0.15) is 0 Å². The summed E-state index contributed by atoms with van der Waals surface area (Å²) in [5, 5.41) is 0. The van der Waals surface area contributed by atoms with E-state index in [9.17, 15) is 9.59 Å². The lowest BCUT2D eigenvalue weighted by Gasteiger charge is -2.13. The fourth-order valence-corrected chi connectivity index (χ4v) is 3.43. The zero-order valence-corrected chi connectivity index (χ0v) is 14.5. The zero-order chi connectivity index (χ0) is 16.7. The van der Waals surface area contributed by atoms with Gasteiger partial charge in [-0.25, -0.2) is 0 Å². The molecule has 7 heteroatoms. The van der Waals surface area contributed by atoms with E-state index < -0.39 is 0 Å². The molecule has 1 fully saturated rings. The standard InChI is InChI=1S/C16H18N2O3S2/c1-21-14(19)5-3-2-4-10-18-15(20)13(23-16(18)22)11-12-6-8-17-9-7-12/h6-9,11H,2-5,10H2,1H3. The third-order valence-corrected chi connectivity index (χ3v) is 4.75. The molecule has 122 valence electrons. The molecule has 0 spiro atoms. The van der Waals surface area contributed by atoms with E-state index in [2.05, 4.69) is 9.72 Å². The zero-order valence-electron chi connectivity index (χ0n) is 12.9. The van der Waals surface area contributed by atoms with Crippen LogP contribution in [0.25, 0.3) is 6.08 Å². The van der Waals surface area contributed by atoms with E-state index in [4.69, 9.17) is 12.2 Å². The number of ether oxygens (including phenoxy) is 1. The minimum atomic E-state index is -0.198. The molecule has 0 aromatic carbocycles. The molecule has 1 aromatic rings. The number of esters is 1. The molecular formula is C16H18N2O3S2. The fraction of sp³-hybridized carbons (Fsp3) is 0.375. The number of aromatic nitrogens is 1. The Hall–Kier alpha value is -1.73. The number of nitrogens with zero attached hydrogens (tertiary/aromatic N) is 2. The van der Waals surface area contributed by atoms with Crippen molar-refractivity contribution in [3.05, 3.63) is 35.0 Å². The summed E-state index contributed by atoms with van der Waals surface area (Å²) in [5.41, 5.74) is 0.929. The van der Waals surface area contributed by atoms with Crippen LogP contribution in [0.15, 0.2) is 29.4 Å². The first-order valence-corrected chi connectivity index (χ1v) is 8.56. The Kier molecular flexibility index (Phi) is 6.73. The van der Waals surface area contributed by atoms with E-state index in [1.165, 1.54) is 18.9 Å². The average molecular weight is 350 g/mol. The Morgan fingerprint density at radius 1 is 1.35 bits per heavy atom. The molecule has 0 aliphatic carbocycles. The minimum Gasteiger partial charge on any atom is -0.469 e. The molecule has 0 N–H and O–H groups in total. The molecule has 0 unspecified atom stereocenters. The number of unbranched alkanes of at least 4 members (excludes halogenated alkanes) is 2. The van der Waals surface area contributed by atoms with Crippen molar-refractivity contribution < 1.29 is 14.3 Å². The molecular weight excluding hydrogens is 332 g/mol. The maximum atomic E-state index is 12.4. The van der Waals surface area contributed by atoms with Crippen LogP contribution in [-0.4, -0.2) is 39.7 Å². The number of amides is 1. The predicted octanol–water partition coefficient (Wildman–Crippen LogP) is 3.02. The SMILES string of the molecule is COC(=O)CCCCCN1C(=O)C(=Cc2ccncc2)SC1=S. The van der Waals surface area contributed by atoms with Gasteiger partial charge in [-0.15, -0.1) is 0 Å². The Morgan fingerprint density at radius 3 is 2.78 bits per heavy atom. The topological polar surface area (TPSA) is 59.5 Å². The summed E-state index contributed by atoms with van der Waals surface area (Å²) in [6.45, 7) is 0.583. The quantitative estimate of drug-likeness (QED) is 0.326. The number of carbonyl (C=O) groups excluding carboxylic acids is 2. The van der Waals surface area contributed by atoms with E-state index >= 15 is 0 Å². The summed E-state index contributed by atoms with van der Waals surface area (Å²) < 4.78 is 5.18. The molecule has 2 heterocycles. The molecule has 5 nitrogen and oxygen atoms in total. The second kappa shape index (κ2) is 8.79. The van der Waals surface area contributed by atoms with Crippen molar-refractivity contribution in [1.82, 2.24) is 9.88 Å². The maximum Gasteiger partial charge on any atom is 0.305 e. The number of hydrogen-bond donors (Lipinski definition) is 0. The number of rotatable bonds is 7. The van der Waals surface area contributed by atoms with Gasteiger partial charge in [0.2, 0.25) is 0 Å². The third-order valence-electron chi connectivity index (χ3n) is 3.37. The van der Waals surface area contributed by atoms with Crippen molar-refractivity contribution in [1.29, 1.82) is 0 Å². The largest absolute Gasteiger partial charge is 0.469 e. The summed E-state index contributed by atoms with van der Waals surface area (Å²) in [4.78, 5) is 29.6. The van der Waals surface area contributed by atoms with Gasteiger partial charge in [0.25, 0.3) is 5.91 Å². The Labute approximate surface area is 145 Å². The highest BCUT2D eigenvalue weighted by molar-refractivity contribution is 8.26. The summed E-state index contributed by atoms with van der Waals surface area (Å²) in [7, 11) is 1.39. The molecule has 0 radical (unpaired) electrons. The van der Waals surface area contributed by atoms with Crippen molar-refractivity contribution in [3.8, 4) is 0 Å². The monoisotopic (exact) mass is 350 g/mol. The number of thioether (sulfide) groups is 1. The summed E-state index contributed by atoms with van der Waals surface area (Å²) >= 11 is 6.61. The second-order valence-corrected chi connectivity index (χ2v) is 6.68. The number of pyridine rings is 1. The Bertz CT molecular complexity index is 617. The molecule has 0 saturated carbocycles. The highest BCUT2D eigenvalue weighted by atomic mass is 32.2. The fourth-order valence-electron chi connectivity index (χ4n) is 2.12. The number of methoxy groups -OCH3 is 1. The van der Waals surface area contributed by atoms with Gasteiger partial charge in [-0.3, -0.25) is 19.5 Å². The lowest BCUT2D eigenvalue weighted by Crippen LogP contribution is -2.29. The van der Waals surface area contributed by atoms with E-state index in [1.807, 2.05) is 18.2 Å². The van der Waals surface area contributed by atoms with Crippen molar-refractivity contribution >= 4 is 46.3 Å². The van der Waals surface area contributed by atoms with Crippen LogP contribution in [0.3, 0.4) is 0 Å². The first kappa shape index (κ1) is 17.6. The van der Waals surface area contributed by atoms with Crippen molar-refractivity contribution in [2.24, 2.45) is 0 Å². The van der Waals surface area contributed by atoms with E-state index in [0.29, 0.717) is 22.2 Å². The normalized spacial score (nSPS) is 16.2. The number of carbonyl (C=O) groups is 2. The molecule has 1 aliphatic heterocycles. The Balaban J connectivity index is 1.84. The lowest BCUT2D eigenvalue weighted by molar-refractivity contribution is -0.140. The lowest BCUT2D eigenvalue weighted by atomic mass is 10.2. The van der Waals surface area contributed by atoms with Crippen LogP contribution in [0.1, 0.15) is 31.2 Å². The molecule has 1 amide bonds. The van der Waals surface area contributed by atoms with Gasteiger partial charge in [-0.1, -0.05) is 30.4 Å². The van der Waals surface area contributed by atoms with Crippen LogP contribution < -0.4 is 0 Å². The average Bonchev–Trinajstić information content (AvgIpc) is 2.82. The maximum absolute atomic E-state index is 12.4. The highest BCUT2D eigenvalue weighted by Crippen LogP contribution is 2.32. The van der Waals surface area contributed by atoms with Crippen LogP contribution in [-0.2, 0) is 14.3 Å². The van der Waals surface area contributed by atoms with Gasteiger partial charge >= 0.3 is 5.97 Å². The van der Waals surface area contributed by atoms with Crippen LogP contribution in [0, 0.1) is 0 Å². The Morgan fingerprint density at radius 2 is 2.09 bits per heavy atom. The third kappa shape index (κ3) is 5.14. The van der Waals surface area contributed by atoms with Crippen molar-refractivity contribution in [2.45, 2.75) is 25.7 Å². The van der Waals surface area contributed by atoms with Crippen molar-refractivity contribution in [3.63, 3.8) is 0 Å². The highest BCUT2D eigenvalue weighted by Gasteiger charge is 2.31. The molecule has 1 aliphatic rings.